The van der Waals surface area contributed by atoms with Crippen LogP contribution in [0.1, 0.15) is 61.7 Å². The van der Waals surface area contributed by atoms with E-state index in [4.69, 9.17) is 9.47 Å². The van der Waals surface area contributed by atoms with Gasteiger partial charge in [-0.15, -0.1) is 0 Å². The predicted molar refractivity (Wildman–Crippen MR) is 131 cm³/mol. The Morgan fingerprint density at radius 1 is 0.972 bits per heavy atom. The summed E-state index contributed by atoms with van der Waals surface area (Å²) in [4.78, 5) is 27.5. The molecular weight excluding hydrogens is 471 g/mol. The van der Waals surface area contributed by atoms with E-state index >= 15 is 0 Å². The van der Waals surface area contributed by atoms with E-state index in [1.807, 2.05) is 0 Å². The number of hydrogen-bond donors (Lipinski definition) is 0. The van der Waals surface area contributed by atoms with E-state index in [0.717, 1.165) is 0 Å². The Balaban J connectivity index is 1.92. The SMILES string of the molecule is COc1ccc(-c2c(C(=O)OC(C)(C)C)n(C(=O)C3CCC[C@@H](C(F)(F)F)C3)c3ccccc23)cc1. The minimum atomic E-state index is -4.36. The first kappa shape index (κ1) is 25.8. The van der Waals surface area contributed by atoms with Gasteiger partial charge in [0.25, 0.3) is 0 Å². The average Bonchev–Trinajstić information content (AvgIpc) is 3.17. The third kappa shape index (κ3) is 5.13. The molecule has 1 unspecified atom stereocenters. The highest BCUT2D eigenvalue weighted by Gasteiger charge is 2.44. The fourth-order valence-electron chi connectivity index (χ4n) is 4.93. The molecule has 3 aromatic rings. The molecule has 1 saturated carbocycles. The largest absolute Gasteiger partial charge is 0.497 e. The van der Waals surface area contributed by atoms with Crippen LogP contribution in [0.2, 0.25) is 0 Å². The molecular formula is C28H30F3NO4. The summed E-state index contributed by atoms with van der Waals surface area (Å²) in [5, 5.41) is 0.639. The molecule has 1 heterocycles. The summed E-state index contributed by atoms with van der Waals surface area (Å²) in [5.41, 5.74) is 0.805. The maximum Gasteiger partial charge on any atom is 0.391 e. The van der Waals surface area contributed by atoms with Crippen molar-refractivity contribution in [2.75, 3.05) is 7.11 Å². The van der Waals surface area contributed by atoms with Crippen molar-refractivity contribution in [2.45, 2.75) is 58.2 Å². The van der Waals surface area contributed by atoms with Gasteiger partial charge in [-0.3, -0.25) is 9.36 Å². The van der Waals surface area contributed by atoms with Crippen LogP contribution in [-0.4, -0.2) is 35.3 Å². The Bertz CT molecular complexity index is 1270. The smallest absolute Gasteiger partial charge is 0.391 e. The molecule has 1 aliphatic carbocycles. The average molecular weight is 502 g/mol. The second-order valence-corrected chi connectivity index (χ2v) is 10.2. The van der Waals surface area contributed by atoms with Gasteiger partial charge in [0.2, 0.25) is 5.91 Å². The van der Waals surface area contributed by atoms with E-state index in [9.17, 15) is 22.8 Å². The Morgan fingerprint density at radius 2 is 1.64 bits per heavy atom. The lowest BCUT2D eigenvalue weighted by atomic mass is 9.80. The molecule has 0 radical (unpaired) electrons. The number of benzene rings is 2. The number of rotatable bonds is 4. The summed E-state index contributed by atoms with van der Waals surface area (Å²) < 4.78 is 52.8. The van der Waals surface area contributed by atoms with Crippen molar-refractivity contribution in [3.63, 3.8) is 0 Å². The lowest BCUT2D eigenvalue weighted by Crippen LogP contribution is -2.35. The quantitative estimate of drug-likeness (QED) is 0.353. The molecule has 0 bridgehead atoms. The first-order chi connectivity index (χ1) is 16.9. The van der Waals surface area contributed by atoms with Crippen molar-refractivity contribution in [3.8, 4) is 16.9 Å². The predicted octanol–water partition coefficient (Wildman–Crippen LogP) is 7.28. The third-order valence-electron chi connectivity index (χ3n) is 6.55. The maximum atomic E-state index is 13.9. The molecule has 0 N–H and O–H groups in total. The fraction of sp³-hybridized carbons (Fsp3) is 0.429. The normalized spacial score (nSPS) is 18.8. The van der Waals surface area contributed by atoms with Crippen LogP contribution in [0.5, 0.6) is 5.75 Å². The number of para-hydroxylation sites is 1. The number of esters is 1. The molecule has 0 spiro atoms. The van der Waals surface area contributed by atoms with Crippen molar-refractivity contribution in [2.24, 2.45) is 11.8 Å². The summed E-state index contributed by atoms with van der Waals surface area (Å²) in [6.45, 7) is 5.17. The standard InChI is InChI=1S/C28H30F3NO4/c1-27(2,3)36-26(34)24-23(17-12-14-20(35-4)15-13-17)21-10-5-6-11-22(21)32(24)25(33)18-8-7-9-19(16-18)28(29,30)31/h5-6,10-15,18-19H,7-9,16H2,1-4H3/t18?,19-/m1/s1. The first-order valence-corrected chi connectivity index (χ1v) is 12.0. The molecule has 192 valence electrons. The van der Waals surface area contributed by atoms with Crippen LogP contribution < -0.4 is 4.74 Å². The number of halogens is 3. The fourth-order valence-corrected chi connectivity index (χ4v) is 4.93. The highest BCUT2D eigenvalue weighted by molar-refractivity contribution is 6.13. The number of aromatic nitrogens is 1. The zero-order chi connectivity index (χ0) is 26.3. The number of methoxy groups -OCH3 is 1. The van der Waals surface area contributed by atoms with Gasteiger partial charge in [-0.1, -0.05) is 36.8 Å². The minimum Gasteiger partial charge on any atom is -0.497 e. The van der Waals surface area contributed by atoms with Crippen LogP contribution in [0.4, 0.5) is 13.2 Å². The minimum absolute atomic E-state index is 0.00965. The number of nitrogens with zero attached hydrogens (tertiary/aromatic N) is 1. The van der Waals surface area contributed by atoms with E-state index < -0.39 is 35.5 Å². The summed E-state index contributed by atoms with van der Waals surface area (Å²) in [5.74, 6) is -2.99. The zero-order valence-electron chi connectivity index (χ0n) is 20.8. The van der Waals surface area contributed by atoms with Crippen LogP contribution in [0.25, 0.3) is 22.0 Å². The number of hydrogen-bond acceptors (Lipinski definition) is 4. The molecule has 1 fully saturated rings. The molecule has 36 heavy (non-hydrogen) atoms. The van der Waals surface area contributed by atoms with Gasteiger partial charge in [-0.2, -0.15) is 13.2 Å². The van der Waals surface area contributed by atoms with Crippen molar-refractivity contribution >= 4 is 22.8 Å². The van der Waals surface area contributed by atoms with E-state index in [1.54, 1.807) is 76.4 Å². The maximum absolute atomic E-state index is 13.9. The molecule has 2 aromatic carbocycles. The molecule has 1 aromatic heterocycles. The summed E-state index contributed by atoms with van der Waals surface area (Å²) in [6, 6.07) is 14.1. The number of carbonyl (C=O) groups excluding carboxylic acids is 2. The summed E-state index contributed by atoms with van der Waals surface area (Å²) >= 11 is 0. The number of ether oxygens (including phenoxy) is 2. The van der Waals surface area contributed by atoms with Crippen molar-refractivity contribution in [3.05, 3.63) is 54.2 Å². The van der Waals surface area contributed by atoms with E-state index in [1.165, 1.54) is 4.57 Å². The van der Waals surface area contributed by atoms with Gasteiger partial charge in [-0.05, 0) is 63.8 Å². The van der Waals surface area contributed by atoms with Crippen molar-refractivity contribution in [1.82, 2.24) is 4.57 Å². The molecule has 5 nitrogen and oxygen atoms in total. The molecule has 4 rings (SSSR count). The highest BCUT2D eigenvalue weighted by atomic mass is 19.4. The molecule has 1 aliphatic rings. The van der Waals surface area contributed by atoms with E-state index in [2.05, 4.69) is 0 Å². The Labute approximate surface area is 208 Å². The highest BCUT2D eigenvalue weighted by Crippen LogP contribution is 2.42. The lowest BCUT2D eigenvalue weighted by Gasteiger charge is -2.30. The molecule has 0 aliphatic heterocycles. The van der Waals surface area contributed by atoms with Gasteiger partial charge in [0.1, 0.15) is 17.0 Å². The second kappa shape index (κ2) is 9.64. The van der Waals surface area contributed by atoms with Crippen LogP contribution in [0, 0.1) is 11.8 Å². The van der Waals surface area contributed by atoms with Gasteiger partial charge < -0.3 is 9.47 Å². The molecule has 0 amide bonds. The van der Waals surface area contributed by atoms with Crippen LogP contribution >= 0.6 is 0 Å². The number of carbonyl (C=O) groups is 2. The van der Waals surface area contributed by atoms with Crippen molar-refractivity contribution in [1.29, 1.82) is 0 Å². The van der Waals surface area contributed by atoms with E-state index in [0.29, 0.717) is 40.6 Å². The lowest BCUT2D eigenvalue weighted by molar-refractivity contribution is -0.184. The monoisotopic (exact) mass is 501 g/mol. The number of fused-ring (bicyclic) bond motifs is 1. The summed E-state index contributed by atoms with van der Waals surface area (Å²) in [7, 11) is 1.55. The zero-order valence-corrected chi connectivity index (χ0v) is 20.8. The van der Waals surface area contributed by atoms with Crippen molar-refractivity contribution < 1.29 is 32.2 Å². The topological polar surface area (TPSA) is 57.5 Å². The molecule has 0 saturated heterocycles. The van der Waals surface area contributed by atoms with Crippen LogP contribution in [0.3, 0.4) is 0 Å². The number of alkyl halides is 3. The first-order valence-electron chi connectivity index (χ1n) is 12.0. The second-order valence-electron chi connectivity index (χ2n) is 10.2. The van der Waals surface area contributed by atoms with Crippen LogP contribution in [0.15, 0.2) is 48.5 Å². The van der Waals surface area contributed by atoms with Gasteiger partial charge in [-0.25, -0.2) is 4.79 Å². The third-order valence-corrected chi connectivity index (χ3v) is 6.55. The Hall–Kier alpha value is -3.29. The Morgan fingerprint density at radius 3 is 2.25 bits per heavy atom. The van der Waals surface area contributed by atoms with Crippen LogP contribution in [-0.2, 0) is 4.74 Å². The van der Waals surface area contributed by atoms with Gasteiger partial charge >= 0.3 is 12.1 Å². The molecule has 8 heteroatoms. The molecule has 2 atom stereocenters. The Kier molecular flexibility index (Phi) is 6.90. The summed E-state index contributed by atoms with van der Waals surface area (Å²) in [6.07, 6.45) is -4.01. The van der Waals surface area contributed by atoms with Gasteiger partial charge in [0.15, 0.2) is 0 Å². The van der Waals surface area contributed by atoms with E-state index in [-0.39, 0.29) is 18.5 Å². The van der Waals surface area contributed by atoms with Gasteiger partial charge in [0, 0.05) is 16.9 Å². The van der Waals surface area contributed by atoms with Gasteiger partial charge in [0.05, 0.1) is 18.5 Å².